The lowest BCUT2D eigenvalue weighted by molar-refractivity contribution is 0.405. The van der Waals surface area contributed by atoms with E-state index in [0.717, 1.165) is 27.8 Å². The smallest absolute Gasteiger partial charge is 0.141 e. The van der Waals surface area contributed by atoms with Crippen LogP contribution < -0.4 is 0 Å². The van der Waals surface area contributed by atoms with E-state index in [1.165, 1.54) is 0 Å². The topological polar surface area (TPSA) is 43.9 Å². The Hall–Kier alpha value is -2.10. The number of aryl methyl sites for hydroxylation is 2. The zero-order valence-electron chi connectivity index (χ0n) is 9.14. The zero-order chi connectivity index (χ0) is 11.1. The summed E-state index contributed by atoms with van der Waals surface area (Å²) in [7, 11) is 1.91. The van der Waals surface area contributed by atoms with E-state index in [-0.39, 0.29) is 0 Å². The number of benzene rings is 1. The molecule has 0 saturated carbocycles. The molecule has 3 aromatic rings. The fourth-order valence-electron chi connectivity index (χ4n) is 1.81. The van der Waals surface area contributed by atoms with E-state index in [1.54, 1.807) is 4.68 Å². The lowest BCUT2D eigenvalue weighted by Gasteiger charge is -1.96. The van der Waals surface area contributed by atoms with E-state index in [0.29, 0.717) is 0 Å². The molecule has 0 aliphatic heterocycles. The van der Waals surface area contributed by atoms with Crippen molar-refractivity contribution in [2.75, 3.05) is 0 Å². The van der Waals surface area contributed by atoms with Crippen LogP contribution in [0.5, 0.6) is 0 Å². The summed E-state index contributed by atoms with van der Waals surface area (Å²) in [5, 5.41) is 9.18. The minimum absolute atomic E-state index is 0.848. The third-order valence-corrected chi connectivity index (χ3v) is 2.69. The van der Waals surface area contributed by atoms with Crippen molar-refractivity contribution in [2.45, 2.75) is 6.92 Å². The summed E-state index contributed by atoms with van der Waals surface area (Å²) in [4.78, 5) is 0. The van der Waals surface area contributed by atoms with Gasteiger partial charge in [0, 0.05) is 24.2 Å². The summed E-state index contributed by atoms with van der Waals surface area (Å²) in [6.45, 7) is 1.92. The van der Waals surface area contributed by atoms with Gasteiger partial charge in [-0.15, -0.1) is 0 Å². The molecule has 0 amide bonds. The van der Waals surface area contributed by atoms with Crippen molar-refractivity contribution in [3.8, 4) is 11.1 Å². The molecule has 0 fully saturated rings. The molecule has 0 spiro atoms. The number of hydrogen-bond donors (Lipinski definition) is 0. The van der Waals surface area contributed by atoms with Crippen molar-refractivity contribution in [1.82, 2.24) is 14.9 Å². The predicted molar refractivity (Wildman–Crippen MR) is 60.9 cm³/mol. The van der Waals surface area contributed by atoms with E-state index in [1.807, 2.05) is 38.5 Å². The SMILES string of the molecule is Cc1onc2ccc(-c3cnn(C)c3)cc12. The minimum atomic E-state index is 0.848. The maximum Gasteiger partial charge on any atom is 0.141 e. The van der Waals surface area contributed by atoms with Gasteiger partial charge in [-0.2, -0.15) is 5.10 Å². The van der Waals surface area contributed by atoms with Crippen molar-refractivity contribution < 1.29 is 4.52 Å². The van der Waals surface area contributed by atoms with Crippen molar-refractivity contribution in [3.05, 3.63) is 36.4 Å². The largest absolute Gasteiger partial charge is 0.360 e. The average molecular weight is 213 g/mol. The Bertz CT molecular complexity index is 651. The highest BCUT2D eigenvalue weighted by atomic mass is 16.5. The van der Waals surface area contributed by atoms with Crippen LogP contribution in [0.3, 0.4) is 0 Å². The van der Waals surface area contributed by atoms with Crippen LogP contribution in [0.1, 0.15) is 5.76 Å². The lowest BCUT2D eigenvalue weighted by Crippen LogP contribution is -1.84. The number of aromatic nitrogens is 3. The molecule has 0 N–H and O–H groups in total. The van der Waals surface area contributed by atoms with Crippen LogP contribution in [-0.4, -0.2) is 14.9 Å². The van der Waals surface area contributed by atoms with Gasteiger partial charge >= 0.3 is 0 Å². The van der Waals surface area contributed by atoms with Gasteiger partial charge < -0.3 is 4.52 Å². The highest BCUT2D eigenvalue weighted by Crippen LogP contribution is 2.25. The van der Waals surface area contributed by atoms with Gasteiger partial charge in [0.25, 0.3) is 0 Å². The highest BCUT2D eigenvalue weighted by molar-refractivity contribution is 5.85. The number of rotatable bonds is 1. The molecule has 80 valence electrons. The van der Waals surface area contributed by atoms with Gasteiger partial charge in [0.2, 0.25) is 0 Å². The Balaban J connectivity index is 2.21. The van der Waals surface area contributed by atoms with Gasteiger partial charge in [-0.1, -0.05) is 11.2 Å². The summed E-state index contributed by atoms with van der Waals surface area (Å²) < 4.78 is 6.93. The Morgan fingerprint density at radius 3 is 2.88 bits per heavy atom. The van der Waals surface area contributed by atoms with Gasteiger partial charge in [0.1, 0.15) is 11.3 Å². The maximum atomic E-state index is 5.14. The second-order valence-corrected chi connectivity index (χ2v) is 3.87. The van der Waals surface area contributed by atoms with Crippen molar-refractivity contribution in [2.24, 2.45) is 7.05 Å². The van der Waals surface area contributed by atoms with E-state index in [2.05, 4.69) is 16.3 Å². The van der Waals surface area contributed by atoms with Crippen LogP contribution >= 0.6 is 0 Å². The predicted octanol–water partition coefficient (Wildman–Crippen LogP) is 2.54. The highest BCUT2D eigenvalue weighted by Gasteiger charge is 2.06. The fourth-order valence-corrected chi connectivity index (χ4v) is 1.81. The minimum Gasteiger partial charge on any atom is -0.360 e. The monoisotopic (exact) mass is 213 g/mol. The third kappa shape index (κ3) is 1.31. The summed E-state index contributed by atoms with van der Waals surface area (Å²) in [6.07, 6.45) is 3.84. The second kappa shape index (κ2) is 3.20. The van der Waals surface area contributed by atoms with Gasteiger partial charge in [-0.3, -0.25) is 4.68 Å². The lowest BCUT2D eigenvalue weighted by atomic mass is 10.1. The third-order valence-electron chi connectivity index (χ3n) is 2.69. The van der Waals surface area contributed by atoms with Gasteiger partial charge in [0.05, 0.1) is 6.20 Å². The zero-order valence-corrected chi connectivity index (χ0v) is 9.14. The number of nitrogens with zero attached hydrogens (tertiary/aromatic N) is 3. The normalized spacial score (nSPS) is 11.1. The first-order chi connectivity index (χ1) is 7.74. The first-order valence-corrected chi connectivity index (χ1v) is 5.09. The van der Waals surface area contributed by atoms with E-state index in [4.69, 9.17) is 4.52 Å². The van der Waals surface area contributed by atoms with Crippen LogP contribution in [0.15, 0.2) is 35.1 Å². The van der Waals surface area contributed by atoms with E-state index >= 15 is 0 Å². The molecule has 0 bridgehead atoms. The molecule has 0 radical (unpaired) electrons. The van der Waals surface area contributed by atoms with Gasteiger partial charge in [-0.25, -0.2) is 0 Å². The molecular weight excluding hydrogens is 202 g/mol. The molecule has 2 aromatic heterocycles. The van der Waals surface area contributed by atoms with E-state index < -0.39 is 0 Å². The first kappa shape index (κ1) is 9.15. The Kier molecular flexibility index (Phi) is 1.83. The van der Waals surface area contributed by atoms with Crippen LogP contribution in [0.25, 0.3) is 22.0 Å². The summed E-state index contributed by atoms with van der Waals surface area (Å²) in [5.74, 6) is 0.848. The van der Waals surface area contributed by atoms with Gasteiger partial charge in [-0.05, 0) is 24.6 Å². The number of hydrogen-bond acceptors (Lipinski definition) is 3. The van der Waals surface area contributed by atoms with Crippen molar-refractivity contribution in [1.29, 1.82) is 0 Å². The molecule has 0 atom stereocenters. The van der Waals surface area contributed by atoms with Crippen LogP contribution in [0, 0.1) is 6.92 Å². The fraction of sp³-hybridized carbons (Fsp3) is 0.167. The van der Waals surface area contributed by atoms with Crippen LogP contribution in [-0.2, 0) is 7.05 Å². The Morgan fingerprint density at radius 2 is 2.12 bits per heavy atom. The van der Waals surface area contributed by atoms with Gasteiger partial charge in [0.15, 0.2) is 0 Å². The quantitative estimate of drug-likeness (QED) is 0.624. The molecule has 2 heterocycles. The molecule has 0 aliphatic rings. The average Bonchev–Trinajstić information content (AvgIpc) is 2.86. The second-order valence-electron chi connectivity index (χ2n) is 3.87. The molecule has 0 saturated heterocycles. The Labute approximate surface area is 92.5 Å². The maximum absolute atomic E-state index is 5.14. The van der Waals surface area contributed by atoms with Crippen molar-refractivity contribution >= 4 is 10.9 Å². The summed E-state index contributed by atoms with van der Waals surface area (Å²) >= 11 is 0. The number of fused-ring (bicyclic) bond motifs is 1. The molecule has 16 heavy (non-hydrogen) atoms. The van der Waals surface area contributed by atoms with Crippen LogP contribution in [0.2, 0.25) is 0 Å². The molecule has 1 aromatic carbocycles. The standard InChI is InChI=1S/C12H11N3O/c1-8-11-5-9(3-4-12(11)14-16-8)10-6-13-15(2)7-10/h3-7H,1-2H3. The summed E-state index contributed by atoms with van der Waals surface area (Å²) in [6, 6.07) is 6.08. The van der Waals surface area contributed by atoms with Crippen molar-refractivity contribution in [3.63, 3.8) is 0 Å². The molecule has 4 heteroatoms. The molecule has 4 nitrogen and oxygen atoms in total. The molecule has 3 rings (SSSR count). The molecular formula is C12H11N3O. The summed E-state index contributed by atoms with van der Waals surface area (Å²) in [5.41, 5.74) is 3.13. The first-order valence-electron chi connectivity index (χ1n) is 5.09. The Morgan fingerprint density at radius 1 is 1.25 bits per heavy atom. The van der Waals surface area contributed by atoms with Crippen LogP contribution in [0.4, 0.5) is 0 Å². The molecule has 0 aliphatic carbocycles. The molecule has 0 unspecified atom stereocenters. The van der Waals surface area contributed by atoms with E-state index in [9.17, 15) is 0 Å².